The highest BCUT2D eigenvalue weighted by Gasteiger charge is 2.22. The predicted octanol–water partition coefficient (Wildman–Crippen LogP) is 3.59. The van der Waals surface area contributed by atoms with Crippen LogP contribution in [0.4, 0.5) is 10.1 Å². The number of nitrogens with one attached hydrogen (secondary N) is 1. The summed E-state index contributed by atoms with van der Waals surface area (Å²) >= 11 is 1.41. The van der Waals surface area contributed by atoms with Crippen molar-refractivity contribution in [2.24, 2.45) is 5.73 Å². The average Bonchev–Trinajstić information content (AvgIpc) is 3.36. The first-order chi connectivity index (χ1) is 17.0. The van der Waals surface area contributed by atoms with Crippen LogP contribution in [0.3, 0.4) is 0 Å². The summed E-state index contributed by atoms with van der Waals surface area (Å²) in [4.78, 5) is 15.6. The van der Waals surface area contributed by atoms with E-state index in [1.807, 2.05) is 30.5 Å². The van der Waals surface area contributed by atoms with Gasteiger partial charge in [-0.05, 0) is 30.8 Å². The largest absolute Gasteiger partial charge is 0.507 e. The number of hydrogen-bond acceptors (Lipinski definition) is 9. The molecule has 4 N–H and O–H groups in total. The van der Waals surface area contributed by atoms with E-state index in [2.05, 4.69) is 25.2 Å². The zero-order valence-corrected chi connectivity index (χ0v) is 20.2. The molecule has 1 aliphatic rings. The predicted molar refractivity (Wildman–Crippen MR) is 135 cm³/mol. The molecule has 35 heavy (non-hydrogen) atoms. The highest BCUT2D eigenvalue weighted by molar-refractivity contribution is 7.09. The first kappa shape index (κ1) is 23.6. The number of phenolic OH excluding ortho intramolecular Hbond substituents is 1. The van der Waals surface area contributed by atoms with E-state index in [1.165, 1.54) is 17.7 Å². The highest BCUT2D eigenvalue weighted by atomic mass is 32.1. The molecular formula is C25H27FN6O2S. The number of halogens is 1. The summed E-state index contributed by atoms with van der Waals surface area (Å²) in [6.45, 7) is 6.49. The maximum atomic E-state index is 15.1. The number of morpholine rings is 1. The molecule has 2 aromatic heterocycles. The van der Waals surface area contributed by atoms with Crippen molar-refractivity contribution >= 4 is 27.9 Å². The number of rotatable bonds is 7. The maximum Gasteiger partial charge on any atom is 0.136 e. The standard InChI is InChI=1S/C25H27FN6O2S/c1-2-28-12-15-13-35-25(31-15)23(27)19-10-18(20(26)11-22(19)33)24-17-4-3-16(9-21(17)29-14-30-24)32-5-7-34-8-6-32/h3-4,9-11,13-14,23,28,33H,2,5-8,12,27H2,1H3. The average molecular weight is 495 g/mol. The third-order valence-electron chi connectivity index (χ3n) is 6.09. The van der Waals surface area contributed by atoms with Crippen LogP contribution in [0.1, 0.15) is 29.2 Å². The van der Waals surface area contributed by atoms with E-state index < -0.39 is 11.9 Å². The van der Waals surface area contributed by atoms with E-state index >= 15 is 4.39 Å². The maximum absolute atomic E-state index is 15.1. The van der Waals surface area contributed by atoms with Gasteiger partial charge in [0, 0.05) is 53.3 Å². The summed E-state index contributed by atoms with van der Waals surface area (Å²) in [7, 11) is 0. The van der Waals surface area contributed by atoms with E-state index in [0.29, 0.717) is 41.5 Å². The minimum atomic E-state index is -0.698. The van der Waals surface area contributed by atoms with Crippen molar-refractivity contribution in [2.45, 2.75) is 19.5 Å². The Labute approximate surface area is 206 Å². The Hall–Kier alpha value is -3.18. The third-order valence-corrected chi connectivity index (χ3v) is 7.07. The fraction of sp³-hybridized carbons (Fsp3) is 0.320. The second kappa shape index (κ2) is 10.2. The Kier molecular flexibility index (Phi) is 6.87. The zero-order chi connectivity index (χ0) is 24.4. The van der Waals surface area contributed by atoms with Gasteiger partial charge in [0.25, 0.3) is 0 Å². The van der Waals surface area contributed by atoms with Gasteiger partial charge in [-0.2, -0.15) is 0 Å². The molecule has 0 amide bonds. The SMILES string of the molecule is CCNCc1csc(C(N)c2cc(-c3ncnc4cc(N5CCOCC5)ccc34)c(F)cc2O)n1. The number of anilines is 1. The third kappa shape index (κ3) is 4.83. The summed E-state index contributed by atoms with van der Waals surface area (Å²) in [5, 5.41) is 17.1. The number of ether oxygens (including phenoxy) is 1. The Morgan fingerprint density at radius 3 is 2.86 bits per heavy atom. The number of phenols is 1. The summed E-state index contributed by atoms with van der Waals surface area (Å²) in [5.74, 6) is -0.794. The van der Waals surface area contributed by atoms with Crippen molar-refractivity contribution in [1.29, 1.82) is 0 Å². The van der Waals surface area contributed by atoms with Gasteiger partial charge in [0.05, 0.1) is 36.2 Å². The molecule has 0 saturated carbocycles. The van der Waals surface area contributed by atoms with Crippen LogP contribution in [0.2, 0.25) is 0 Å². The normalized spacial score (nSPS) is 15.0. The number of aromatic nitrogens is 3. The lowest BCUT2D eigenvalue weighted by Crippen LogP contribution is -2.36. The number of nitrogens with two attached hydrogens (primary N) is 1. The van der Waals surface area contributed by atoms with Gasteiger partial charge in [0.1, 0.15) is 22.9 Å². The second-order valence-electron chi connectivity index (χ2n) is 8.35. The van der Waals surface area contributed by atoms with Gasteiger partial charge >= 0.3 is 0 Å². The summed E-state index contributed by atoms with van der Waals surface area (Å²) in [6, 6.07) is 7.85. The van der Waals surface area contributed by atoms with Crippen molar-refractivity contribution in [2.75, 3.05) is 37.7 Å². The van der Waals surface area contributed by atoms with Crippen LogP contribution in [0.25, 0.3) is 22.2 Å². The Morgan fingerprint density at radius 2 is 2.06 bits per heavy atom. The number of hydrogen-bond donors (Lipinski definition) is 3. The number of fused-ring (bicyclic) bond motifs is 1. The first-order valence-electron chi connectivity index (χ1n) is 11.6. The minimum absolute atomic E-state index is 0.213. The van der Waals surface area contributed by atoms with Crippen LogP contribution in [0.5, 0.6) is 5.75 Å². The molecule has 1 unspecified atom stereocenters. The summed E-state index contributed by atoms with van der Waals surface area (Å²) < 4.78 is 20.6. The van der Waals surface area contributed by atoms with Crippen molar-refractivity contribution in [1.82, 2.24) is 20.3 Å². The molecule has 0 radical (unpaired) electrons. The topological polar surface area (TPSA) is 109 Å². The second-order valence-corrected chi connectivity index (χ2v) is 9.24. The molecule has 0 spiro atoms. The van der Waals surface area contributed by atoms with Crippen molar-refractivity contribution in [3.63, 3.8) is 0 Å². The molecule has 0 bridgehead atoms. The molecule has 182 valence electrons. The van der Waals surface area contributed by atoms with Gasteiger partial charge in [-0.3, -0.25) is 0 Å². The molecule has 5 rings (SSSR count). The number of thiazole rings is 1. The lowest BCUT2D eigenvalue weighted by atomic mass is 9.99. The summed E-state index contributed by atoms with van der Waals surface area (Å²) in [5.41, 5.74) is 10.2. The van der Waals surface area contributed by atoms with Crippen LogP contribution in [-0.4, -0.2) is 52.9 Å². The van der Waals surface area contributed by atoms with Crippen LogP contribution in [-0.2, 0) is 11.3 Å². The van der Waals surface area contributed by atoms with Crippen molar-refractivity contribution in [3.8, 4) is 17.0 Å². The highest BCUT2D eigenvalue weighted by Crippen LogP contribution is 2.37. The summed E-state index contributed by atoms with van der Waals surface area (Å²) in [6.07, 6.45) is 1.43. The fourth-order valence-corrected chi connectivity index (χ4v) is 5.06. The molecule has 1 atom stereocenters. The Balaban J connectivity index is 1.51. The van der Waals surface area contributed by atoms with Crippen molar-refractivity contribution in [3.05, 3.63) is 64.1 Å². The number of nitrogens with zero attached hydrogens (tertiary/aromatic N) is 4. The lowest BCUT2D eigenvalue weighted by molar-refractivity contribution is 0.122. The van der Waals surface area contributed by atoms with Gasteiger partial charge in [0.2, 0.25) is 0 Å². The minimum Gasteiger partial charge on any atom is -0.507 e. The Bertz CT molecular complexity index is 1340. The molecule has 4 aromatic rings. The van der Waals surface area contributed by atoms with E-state index in [1.54, 1.807) is 6.07 Å². The molecule has 1 saturated heterocycles. The van der Waals surface area contributed by atoms with Gasteiger partial charge < -0.3 is 25.8 Å². The molecule has 3 heterocycles. The molecule has 10 heteroatoms. The molecule has 2 aromatic carbocycles. The fourth-order valence-electron chi connectivity index (χ4n) is 4.22. The van der Waals surface area contributed by atoms with Gasteiger partial charge in [-0.1, -0.05) is 6.92 Å². The zero-order valence-electron chi connectivity index (χ0n) is 19.4. The monoisotopic (exact) mass is 494 g/mol. The van der Waals surface area contributed by atoms with Crippen LogP contribution >= 0.6 is 11.3 Å². The molecule has 0 aliphatic carbocycles. The molecule has 1 fully saturated rings. The smallest absolute Gasteiger partial charge is 0.136 e. The van der Waals surface area contributed by atoms with E-state index in [-0.39, 0.29) is 11.3 Å². The number of benzene rings is 2. The quantitative estimate of drug-likeness (QED) is 0.358. The van der Waals surface area contributed by atoms with E-state index in [4.69, 9.17) is 10.5 Å². The Morgan fingerprint density at radius 1 is 1.23 bits per heavy atom. The first-order valence-corrected chi connectivity index (χ1v) is 12.4. The number of aromatic hydroxyl groups is 1. The van der Waals surface area contributed by atoms with Gasteiger partial charge in [-0.25, -0.2) is 19.3 Å². The lowest BCUT2D eigenvalue weighted by Gasteiger charge is -2.29. The van der Waals surface area contributed by atoms with Crippen molar-refractivity contribution < 1.29 is 14.2 Å². The van der Waals surface area contributed by atoms with E-state index in [0.717, 1.165) is 42.5 Å². The van der Waals surface area contributed by atoms with Crippen LogP contribution in [0.15, 0.2) is 42.0 Å². The van der Waals surface area contributed by atoms with Gasteiger partial charge in [-0.15, -0.1) is 11.3 Å². The van der Waals surface area contributed by atoms with E-state index in [9.17, 15) is 5.11 Å². The van der Waals surface area contributed by atoms with Crippen LogP contribution < -0.4 is 16.0 Å². The van der Waals surface area contributed by atoms with Crippen LogP contribution in [0, 0.1) is 5.82 Å². The molecular weight excluding hydrogens is 467 g/mol. The van der Waals surface area contributed by atoms with Gasteiger partial charge in [0.15, 0.2) is 0 Å². The molecule has 8 nitrogen and oxygen atoms in total. The molecule has 1 aliphatic heterocycles.